The Kier molecular flexibility index (Phi) is 7.43. The number of primary amides is 2. The summed E-state index contributed by atoms with van der Waals surface area (Å²) in [5.41, 5.74) is 11.9. The number of phenols is 2. The van der Waals surface area contributed by atoms with Gasteiger partial charge < -0.3 is 33.1 Å². The molecule has 0 radical (unpaired) electrons. The van der Waals surface area contributed by atoms with Crippen LogP contribution < -0.4 is 22.9 Å². The fourth-order valence-corrected chi connectivity index (χ4v) is 5.12. The van der Waals surface area contributed by atoms with E-state index >= 15 is 26.3 Å². The molecule has 14 heteroatoms. The SMILES string of the molecule is NC(=O)c1cccc(N)c1-c1cc(O)cc(C(c2cc(O)cc(-c3c(N)cccc3C(N)=O)c2)(C(F)(F)F)C(F)(F)F)c1. The molecule has 10 N–H and O–H groups in total. The Labute approximate surface area is 239 Å². The molecule has 0 aromatic heterocycles. The number of phenolic OH excluding ortho intramolecular Hbond substituents is 2. The smallest absolute Gasteiger partial charge is 0.411 e. The van der Waals surface area contributed by atoms with Crippen molar-refractivity contribution in [3.8, 4) is 33.8 Å². The lowest BCUT2D eigenvalue weighted by Gasteiger charge is -2.39. The summed E-state index contributed by atoms with van der Waals surface area (Å²) in [6, 6.07) is 10.4. The van der Waals surface area contributed by atoms with Gasteiger partial charge in [-0.15, -0.1) is 0 Å². The highest BCUT2D eigenvalue weighted by atomic mass is 19.4. The molecule has 43 heavy (non-hydrogen) atoms. The number of anilines is 2. The van der Waals surface area contributed by atoms with Crippen LogP contribution in [0.1, 0.15) is 31.8 Å². The lowest BCUT2D eigenvalue weighted by atomic mass is 9.71. The predicted molar refractivity (Wildman–Crippen MR) is 146 cm³/mol. The monoisotopic (exact) mass is 604 g/mol. The van der Waals surface area contributed by atoms with E-state index in [0.29, 0.717) is 12.1 Å². The zero-order chi connectivity index (χ0) is 32.1. The number of carbonyl (C=O) groups is 2. The van der Waals surface area contributed by atoms with Gasteiger partial charge in [0.15, 0.2) is 0 Å². The molecule has 0 unspecified atom stereocenters. The van der Waals surface area contributed by atoms with Crippen molar-refractivity contribution in [1.29, 1.82) is 0 Å². The molecule has 0 fully saturated rings. The number of carbonyl (C=O) groups excluding carboxylic acids is 2. The van der Waals surface area contributed by atoms with Gasteiger partial charge in [0.1, 0.15) is 11.5 Å². The molecule has 0 aliphatic carbocycles. The first-order valence-corrected chi connectivity index (χ1v) is 12.1. The Morgan fingerprint density at radius 2 is 0.930 bits per heavy atom. The highest BCUT2D eigenvalue weighted by molar-refractivity contribution is 6.04. The number of alkyl halides is 6. The molecule has 0 bridgehead atoms. The molecule has 0 saturated carbocycles. The van der Waals surface area contributed by atoms with Crippen molar-refractivity contribution in [2.24, 2.45) is 11.5 Å². The van der Waals surface area contributed by atoms with E-state index in [1.165, 1.54) is 24.3 Å². The first kappa shape index (κ1) is 30.6. The van der Waals surface area contributed by atoms with Crippen molar-refractivity contribution < 1.29 is 46.1 Å². The molecule has 4 rings (SSSR count). The van der Waals surface area contributed by atoms with Crippen LogP contribution in [0.15, 0.2) is 72.8 Å². The van der Waals surface area contributed by atoms with Crippen LogP contribution in [-0.2, 0) is 5.41 Å². The summed E-state index contributed by atoms with van der Waals surface area (Å²) in [4.78, 5) is 24.1. The fourth-order valence-electron chi connectivity index (χ4n) is 5.12. The summed E-state index contributed by atoms with van der Waals surface area (Å²) >= 11 is 0. The predicted octanol–water partition coefficient (Wildman–Crippen LogP) is 5.20. The van der Waals surface area contributed by atoms with E-state index in [2.05, 4.69) is 0 Å². The average molecular weight is 605 g/mol. The molecule has 4 aromatic carbocycles. The number of benzene rings is 4. The normalized spacial score (nSPS) is 12.2. The van der Waals surface area contributed by atoms with Crippen LogP contribution in [0.2, 0.25) is 0 Å². The number of amides is 2. The quantitative estimate of drug-likeness (QED) is 0.130. The maximum atomic E-state index is 15.1. The van der Waals surface area contributed by atoms with Gasteiger partial charge in [-0.2, -0.15) is 26.3 Å². The molecule has 0 spiro atoms. The molecule has 2 amide bonds. The topological polar surface area (TPSA) is 179 Å². The van der Waals surface area contributed by atoms with Crippen LogP contribution in [0.5, 0.6) is 11.5 Å². The molecule has 4 aromatic rings. The van der Waals surface area contributed by atoms with Crippen LogP contribution in [0.3, 0.4) is 0 Å². The maximum absolute atomic E-state index is 15.1. The molecule has 224 valence electrons. The van der Waals surface area contributed by atoms with E-state index in [-0.39, 0.29) is 45.8 Å². The van der Waals surface area contributed by atoms with Gasteiger partial charge in [-0.05, 0) is 82.9 Å². The van der Waals surface area contributed by atoms with Gasteiger partial charge in [-0.3, -0.25) is 9.59 Å². The zero-order valence-electron chi connectivity index (χ0n) is 21.7. The van der Waals surface area contributed by atoms with Crippen LogP contribution in [0.25, 0.3) is 22.3 Å². The number of aromatic hydroxyl groups is 2. The van der Waals surface area contributed by atoms with Crippen molar-refractivity contribution in [3.05, 3.63) is 95.1 Å². The number of hydrogen-bond donors (Lipinski definition) is 6. The van der Waals surface area contributed by atoms with E-state index in [0.717, 1.165) is 24.3 Å². The van der Waals surface area contributed by atoms with Crippen LogP contribution in [0, 0.1) is 0 Å². The molecule has 0 saturated heterocycles. The minimum atomic E-state index is -6.16. The van der Waals surface area contributed by atoms with Gasteiger partial charge in [0.05, 0.1) is 0 Å². The summed E-state index contributed by atoms with van der Waals surface area (Å²) in [5.74, 6) is -4.25. The minimum absolute atomic E-state index is 0.226. The summed E-state index contributed by atoms with van der Waals surface area (Å²) in [6.07, 6.45) is -12.3. The number of halogens is 6. The molecule has 8 nitrogen and oxygen atoms in total. The highest BCUT2D eigenvalue weighted by Gasteiger charge is 2.72. The number of hydrogen-bond acceptors (Lipinski definition) is 6. The van der Waals surface area contributed by atoms with Gasteiger partial charge in [0, 0.05) is 33.6 Å². The van der Waals surface area contributed by atoms with Gasteiger partial charge >= 0.3 is 12.4 Å². The van der Waals surface area contributed by atoms with Gasteiger partial charge in [-0.25, -0.2) is 0 Å². The largest absolute Gasteiger partial charge is 0.508 e. The Balaban J connectivity index is 2.16. The summed E-state index contributed by atoms with van der Waals surface area (Å²) in [6.45, 7) is 0. The Morgan fingerprint density at radius 1 is 0.581 bits per heavy atom. The van der Waals surface area contributed by atoms with Crippen LogP contribution in [0.4, 0.5) is 37.7 Å². The number of nitrogen functional groups attached to an aromatic ring is 2. The van der Waals surface area contributed by atoms with Crippen molar-refractivity contribution in [1.82, 2.24) is 0 Å². The van der Waals surface area contributed by atoms with Gasteiger partial charge in [0.25, 0.3) is 0 Å². The molecular weight excluding hydrogens is 582 g/mol. The Bertz CT molecular complexity index is 1640. The zero-order valence-corrected chi connectivity index (χ0v) is 21.7. The third kappa shape index (κ3) is 5.11. The van der Waals surface area contributed by atoms with Gasteiger partial charge in [-0.1, -0.05) is 12.1 Å². The average Bonchev–Trinajstić information content (AvgIpc) is 2.86. The molecule has 0 heterocycles. The minimum Gasteiger partial charge on any atom is -0.508 e. The second kappa shape index (κ2) is 10.5. The molecule has 0 atom stereocenters. The van der Waals surface area contributed by atoms with Crippen molar-refractivity contribution in [2.45, 2.75) is 17.8 Å². The number of rotatable bonds is 6. The second-order valence-electron chi connectivity index (χ2n) is 9.55. The maximum Gasteiger partial charge on any atom is 0.411 e. The summed E-state index contributed by atoms with van der Waals surface area (Å²) in [5, 5.41) is 20.9. The first-order chi connectivity index (χ1) is 19.9. The standard InChI is InChI=1S/C29H22F6N4O4/c30-28(31,32)27(29(33,34)35,15-7-13(9-17(40)11-15)23-19(25(38)42)3-1-5-21(23)36)16-8-14(10-18(41)12-16)24-20(26(39)43)4-2-6-22(24)37/h1-12,40-41H,36-37H2,(H2,38,42)(H2,39,43). The Hall–Kier alpha value is -5.40. The van der Waals surface area contributed by atoms with Crippen LogP contribution >= 0.6 is 0 Å². The van der Waals surface area contributed by atoms with Crippen LogP contribution in [-0.4, -0.2) is 34.4 Å². The van der Waals surface area contributed by atoms with Gasteiger partial charge in [0.2, 0.25) is 17.2 Å². The third-order valence-electron chi connectivity index (χ3n) is 6.85. The summed E-state index contributed by atoms with van der Waals surface area (Å²) < 4.78 is 90.4. The lowest BCUT2D eigenvalue weighted by Crippen LogP contribution is -2.54. The van der Waals surface area contributed by atoms with E-state index < -0.39 is 63.3 Å². The van der Waals surface area contributed by atoms with E-state index in [4.69, 9.17) is 22.9 Å². The van der Waals surface area contributed by atoms with E-state index in [1.807, 2.05) is 0 Å². The second-order valence-corrected chi connectivity index (χ2v) is 9.55. The highest BCUT2D eigenvalue weighted by Crippen LogP contribution is 2.58. The summed E-state index contributed by atoms with van der Waals surface area (Å²) in [7, 11) is 0. The fraction of sp³-hybridized carbons (Fsp3) is 0.103. The number of nitrogens with two attached hydrogens (primary N) is 4. The third-order valence-corrected chi connectivity index (χ3v) is 6.85. The lowest BCUT2D eigenvalue weighted by molar-refractivity contribution is -0.288. The van der Waals surface area contributed by atoms with Crippen molar-refractivity contribution in [2.75, 3.05) is 11.5 Å². The van der Waals surface area contributed by atoms with Crippen molar-refractivity contribution >= 4 is 23.2 Å². The van der Waals surface area contributed by atoms with E-state index in [9.17, 15) is 19.8 Å². The molecule has 0 aliphatic rings. The first-order valence-electron chi connectivity index (χ1n) is 12.1. The van der Waals surface area contributed by atoms with Crippen molar-refractivity contribution in [3.63, 3.8) is 0 Å². The molecular formula is C29H22F6N4O4. The molecule has 0 aliphatic heterocycles. The Morgan fingerprint density at radius 3 is 1.23 bits per heavy atom. The van der Waals surface area contributed by atoms with E-state index in [1.54, 1.807) is 0 Å².